The molecule has 0 unspecified atom stereocenters. The zero-order valence-electron chi connectivity index (χ0n) is 16.8. The van der Waals surface area contributed by atoms with Gasteiger partial charge in [0.15, 0.2) is 5.54 Å². The summed E-state index contributed by atoms with van der Waals surface area (Å²) in [4.78, 5) is 4.73. The van der Waals surface area contributed by atoms with Crippen LogP contribution in [0.3, 0.4) is 0 Å². The molecule has 1 aliphatic rings. The van der Waals surface area contributed by atoms with Gasteiger partial charge >= 0.3 is 0 Å². The van der Waals surface area contributed by atoms with Gasteiger partial charge < -0.3 is 19.9 Å². The van der Waals surface area contributed by atoms with Crippen molar-refractivity contribution in [3.63, 3.8) is 0 Å². The molecule has 0 bridgehead atoms. The van der Waals surface area contributed by atoms with Gasteiger partial charge in [-0.15, -0.1) is 0 Å². The van der Waals surface area contributed by atoms with E-state index in [0.29, 0.717) is 6.61 Å². The van der Waals surface area contributed by atoms with Crippen molar-refractivity contribution < 1.29 is 14.2 Å². The van der Waals surface area contributed by atoms with Crippen LogP contribution in [-0.4, -0.2) is 26.8 Å². The molecule has 1 heterocycles. The number of rotatable bonds is 5. The summed E-state index contributed by atoms with van der Waals surface area (Å²) in [6.45, 7) is 2.37. The molecule has 1 atom stereocenters. The highest BCUT2D eigenvalue weighted by atomic mass is 16.5. The summed E-state index contributed by atoms with van der Waals surface area (Å²) in [6.07, 6.45) is 0. The van der Waals surface area contributed by atoms with Crippen LogP contribution in [0.4, 0.5) is 0 Å². The van der Waals surface area contributed by atoms with Crippen LogP contribution >= 0.6 is 0 Å². The van der Waals surface area contributed by atoms with Crippen LogP contribution in [-0.2, 0) is 10.3 Å². The average molecular weight is 388 g/mol. The smallest absolute Gasteiger partial charge is 0.283 e. The van der Waals surface area contributed by atoms with E-state index in [2.05, 4.69) is 30.3 Å². The lowest BCUT2D eigenvalue weighted by atomic mass is 9.82. The molecule has 3 aromatic rings. The lowest BCUT2D eigenvalue weighted by molar-refractivity contribution is 0.278. The molecule has 5 heteroatoms. The van der Waals surface area contributed by atoms with E-state index in [1.807, 2.05) is 43.3 Å². The van der Waals surface area contributed by atoms with Crippen LogP contribution in [0.2, 0.25) is 0 Å². The lowest BCUT2D eigenvalue weighted by Crippen LogP contribution is -2.27. The quantitative estimate of drug-likeness (QED) is 0.709. The van der Waals surface area contributed by atoms with Gasteiger partial charge in [-0.05, 0) is 65.1 Å². The number of methoxy groups -OCH3 is 2. The molecule has 148 valence electrons. The maximum absolute atomic E-state index is 5.95. The van der Waals surface area contributed by atoms with E-state index in [4.69, 9.17) is 24.9 Å². The predicted molar refractivity (Wildman–Crippen MR) is 115 cm³/mol. The summed E-state index contributed by atoms with van der Waals surface area (Å²) in [6, 6.07) is 22.6. The number of hydrogen-bond acceptors (Lipinski definition) is 5. The Morgan fingerprint density at radius 3 is 2.28 bits per heavy atom. The van der Waals surface area contributed by atoms with Crippen LogP contribution in [0, 0.1) is 6.92 Å². The molecule has 0 saturated heterocycles. The van der Waals surface area contributed by atoms with Gasteiger partial charge in [-0.3, -0.25) is 0 Å². The molecule has 0 aliphatic carbocycles. The van der Waals surface area contributed by atoms with E-state index in [-0.39, 0.29) is 6.02 Å². The minimum absolute atomic E-state index is 0.199. The maximum Gasteiger partial charge on any atom is 0.283 e. The van der Waals surface area contributed by atoms with Gasteiger partial charge in [0.25, 0.3) is 6.02 Å². The summed E-state index contributed by atoms with van der Waals surface area (Å²) in [7, 11) is 3.34. The number of nitrogens with zero attached hydrogens (tertiary/aromatic N) is 1. The van der Waals surface area contributed by atoms with E-state index in [1.165, 1.54) is 0 Å². The van der Waals surface area contributed by atoms with E-state index in [1.54, 1.807) is 14.2 Å². The van der Waals surface area contributed by atoms with Crippen molar-refractivity contribution >= 4 is 6.02 Å². The number of aliphatic imine (C=N–C) groups is 1. The number of benzene rings is 3. The van der Waals surface area contributed by atoms with Crippen molar-refractivity contribution in [1.29, 1.82) is 0 Å². The molecule has 0 aromatic heterocycles. The lowest BCUT2D eigenvalue weighted by Gasteiger charge is -2.26. The predicted octanol–water partition coefficient (Wildman–Crippen LogP) is 4.27. The largest absolute Gasteiger partial charge is 0.497 e. The average Bonchev–Trinajstić information content (AvgIpc) is 3.17. The first-order chi connectivity index (χ1) is 14.1. The fourth-order valence-corrected chi connectivity index (χ4v) is 3.79. The molecule has 29 heavy (non-hydrogen) atoms. The summed E-state index contributed by atoms with van der Waals surface area (Å²) in [5.41, 5.74) is 10.5. The number of aryl methyl sites for hydroxylation is 1. The zero-order valence-corrected chi connectivity index (χ0v) is 16.8. The van der Waals surface area contributed by atoms with Gasteiger partial charge in [0, 0.05) is 0 Å². The molecule has 4 rings (SSSR count). The highest BCUT2D eigenvalue weighted by Crippen LogP contribution is 2.40. The molecule has 3 aromatic carbocycles. The van der Waals surface area contributed by atoms with E-state index in [9.17, 15) is 0 Å². The Morgan fingerprint density at radius 1 is 0.897 bits per heavy atom. The van der Waals surface area contributed by atoms with Crippen LogP contribution in [0.1, 0.15) is 16.7 Å². The standard InChI is InChI=1S/C24H24N2O3/c1-16-12-20(10-11-22(16)28-3)24(15-29-23(25)26-24)19-8-4-6-17(13-19)18-7-5-9-21(14-18)27-2/h4-14H,15H2,1-3H3,(H2,25,26)/t24-/m0/s1. The summed E-state index contributed by atoms with van der Waals surface area (Å²) in [5.74, 6) is 1.66. The minimum Gasteiger partial charge on any atom is -0.497 e. The number of amidine groups is 1. The number of ether oxygens (including phenoxy) is 3. The number of nitrogens with two attached hydrogens (primary N) is 1. The third kappa shape index (κ3) is 3.40. The Bertz CT molecular complexity index is 1080. The molecule has 2 N–H and O–H groups in total. The number of hydrogen-bond donors (Lipinski definition) is 1. The summed E-state index contributed by atoms with van der Waals surface area (Å²) in [5, 5.41) is 0. The fraction of sp³-hybridized carbons (Fsp3) is 0.208. The van der Waals surface area contributed by atoms with Gasteiger partial charge in [0.1, 0.15) is 18.1 Å². The Hall–Kier alpha value is -3.47. The first-order valence-corrected chi connectivity index (χ1v) is 9.44. The Kier molecular flexibility index (Phi) is 4.89. The van der Waals surface area contributed by atoms with Crippen LogP contribution in [0.15, 0.2) is 71.7 Å². The molecule has 5 nitrogen and oxygen atoms in total. The first-order valence-electron chi connectivity index (χ1n) is 9.44. The Labute approximate surface area is 170 Å². The van der Waals surface area contributed by atoms with Gasteiger partial charge in [0.05, 0.1) is 14.2 Å². The van der Waals surface area contributed by atoms with Crippen molar-refractivity contribution in [3.8, 4) is 22.6 Å². The topological polar surface area (TPSA) is 66.1 Å². The summed E-state index contributed by atoms with van der Waals surface area (Å²) < 4.78 is 16.4. The molecule has 0 spiro atoms. The molecule has 0 amide bonds. The SMILES string of the molecule is COc1cccc(-c2cccc([C@]3(c4ccc(OC)c(C)c4)COC(N)=N3)c2)c1. The van der Waals surface area contributed by atoms with Gasteiger partial charge in [0.2, 0.25) is 0 Å². The maximum atomic E-state index is 5.95. The molecule has 0 fully saturated rings. The minimum atomic E-state index is -0.698. The van der Waals surface area contributed by atoms with Crippen molar-refractivity contribution in [2.75, 3.05) is 20.8 Å². The van der Waals surface area contributed by atoms with E-state index < -0.39 is 5.54 Å². The van der Waals surface area contributed by atoms with Gasteiger partial charge in [-0.25, -0.2) is 4.99 Å². The van der Waals surface area contributed by atoms with Crippen molar-refractivity contribution in [2.45, 2.75) is 12.5 Å². The van der Waals surface area contributed by atoms with E-state index in [0.717, 1.165) is 39.3 Å². The van der Waals surface area contributed by atoms with Gasteiger partial charge in [-0.1, -0.05) is 36.4 Å². The first kappa shape index (κ1) is 18.9. The second kappa shape index (κ2) is 7.51. The molecule has 0 radical (unpaired) electrons. The normalized spacial score (nSPS) is 18.1. The van der Waals surface area contributed by atoms with Crippen LogP contribution in [0.25, 0.3) is 11.1 Å². The fourth-order valence-electron chi connectivity index (χ4n) is 3.79. The van der Waals surface area contributed by atoms with Crippen molar-refractivity contribution in [2.24, 2.45) is 10.7 Å². The Balaban J connectivity index is 1.84. The van der Waals surface area contributed by atoms with Crippen LogP contribution in [0.5, 0.6) is 11.5 Å². The zero-order chi connectivity index (χ0) is 20.4. The molecule has 1 aliphatic heterocycles. The van der Waals surface area contributed by atoms with Crippen molar-refractivity contribution in [1.82, 2.24) is 0 Å². The van der Waals surface area contributed by atoms with E-state index >= 15 is 0 Å². The second-order valence-corrected chi connectivity index (χ2v) is 7.10. The molecular weight excluding hydrogens is 364 g/mol. The highest BCUT2D eigenvalue weighted by Gasteiger charge is 2.40. The van der Waals surface area contributed by atoms with Gasteiger partial charge in [-0.2, -0.15) is 0 Å². The third-order valence-electron chi connectivity index (χ3n) is 5.35. The van der Waals surface area contributed by atoms with Crippen molar-refractivity contribution in [3.05, 3.63) is 83.4 Å². The second-order valence-electron chi connectivity index (χ2n) is 7.10. The summed E-state index contributed by atoms with van der Waals surface area (Å²) >= 11 is 0. The Morgan fingerprint density at radius 2 is 1.62 bits per heavy atom. The highest BCUT2D eigenvalue weighted by molar-refractivity contribution is 5.76. The van der Waals surface area contributed by atoms with Crippen LogP contribution < -0.4 is 15.2 Å². The molecule has 0 saturated carbocycles. The monoisotopic (exact) mass is 388 g/mol. The molecular formula is C24H24N2O3. The third-order valence-corrected chi connectivity index (χ3v) is 5.35.